The maximum atomic E-state index is 15.1. The van der Waals surface area contributed by atoms with Crippen molar-refractivity contribution in [2.45, 2.75) is 44.8 Å². The van der Waals surface area contributed by atoms with Crippen LogP contribution in [0.2, 0.25) is 0 Å². The highest BCUT2D eigenvalue weighted by atomic mass is 79.9. The number of benzene rings is 2. The lowest BCUT2D eigenvalue weighted by molar-refractivity contribution is -0.157. The largest absolute Gasteiger partial charge is 0.466 e. The summed E-state index contributed by atoms with van der Waals surface area (Å²) in [6, 6.07) is 16.5. The van der Waals surface area contributed by atoms with Crippen LogP contribution in [0.25, 0.3) is 11.4 Å². The van der Waals surface area contributed by atoms with Crippen molar-refractivity contribution >= 4 is 21.9 Å². The zero-order valence-corrected chi connectivity index (χ0v) is 20.3. The van der Waals surface area contributed by atoms with Crippen LogP contribution in [0.4, 0.5) is 8.78 Å². The lowest BCUT2D eigenvalue weighted by Crippen LogP contribution is -2.34. The third-order valence-electron chi connectivity index (χ3n) is 5.97. The Balaban J connectivity index is 1.59. The van der Waals surface area contributed by atoms with E-state index >= 15 is 8.78 Å². The van der Waals surface area contributed by atoms with Crippen LogP contribution in [0.15, 0.2) is 71.5 Å². The number of aromatic nitrogens is 2. The number of esters is 1. The number of hydrogen-bond acceptors (Lipinski definition) is 5. The Morgan fingerprint density at radius 3 is 2.50 bits per heavy atom. The molecule has 0 N–H and O–H groups in total. The normalized spacial score (nSPS) is 21.4. The van der Waals surface area contributed by atoms with E-state index in [4.69, 9.17) is 9.47 Å². The molecule has 1 aliphatic carbocycles. The lowest BCUT2D eigenvalue weighted by atomic mass is 9.79. The van der Waals surface area contributed by atoms with Gasteiger partial charge in [-0.15, -0.1) is 0 Å². The van der Waals surface area contributed by atoms with Crippen molar-refractivity contribution < 1.29 is 23.0 Å². The summed E-state index contributed by atoms with van der Waals surface area (Å²) in [6.45, 7) is 1.85. The van der Waals surface area contributed by atoms with Gasteiger partial charge in [0.2, 0.25) is 0 Å². The van der Waals surface area contributed by atoms with Crippen LogP contribution in [0.5, 0.6) is 0 Å². The minimum atomic E-state index is -3.16. The first-order chi connectivity index (χ1) is 16.3. The first kappa shape index (κ1) is 24.4. The number of ether oxygens (including phenoxy) is 2. The zero-order valence-electron chi connectivity index (χ0n) is 18.7. The van der Waals surface area contributed by atoms with E-state index in [0.29, 0.717) is 5.82 Å². The second-order valence-electron chi connectivity index (χ2n) is 8.53. The van der Waals surface area contributed by atoms with Gasteiger partial charge in [0.1, 0.15) is 6.10 Å². The molecule has 2 atom stereocenters. The molecule has 178 valence electrons. The molecule has 1 fully saturated rings. The molecular formula is C26H25BrF2N2O3. The van der Waals surface area contributed by atoms with Gasteiger partial charge in [-0.05, 0) is 52.9 Å². The minimum Gasteiger partial charge on any atom is -0.466 e. The summed E-state index contributed by atoms with van der Waals surface area (Å²) >= 11 is 3.31. The minimum absolute atomic E-state index is 0.0520. The second kappa shape index (κ2) is 10.3. The average molecular weight is 531 g/mol. The van der Waals surface area contributed by atoms with Gasteiger partial charge in [-0.2, -0.15) is 0 Å². The molecular weight excluding hydrogens is 506 g/mol. The number of carbonyl (C=O) groups is 1. The third-order valence-corrected chi connectivity index (χ3v) is 6.38. The Kier molecular flexibility index (Phi) is 7.38. The molecule has 0 aliphatic heterocycles. The highest BCUT2D eigenvalue weighted by Gasteiger charge is 2.61. The fourth-order valence-electron chi connectivity index (χ4n) is 4.41. The molecule has 1 saturated carbocycles. The highest BCUT2D eigenvalue weighted by Crippen LogP contribution is 2.51. The standard InChI is InChI=1S/C26H25BrF2N2O3/c1-2-33-24(32)25(12-19-9-6-10-20(11-19)23-30-14-21(27)15-31-23)13-22(26(28,29)17-25)34-16-18-7-4-3-5-8-18/h3-11,14-15,22H,2,12-13,16-17H2,1H3/t22-,25+/m0/s1. The number of rotatable bonds is 8. The van der Waals surface area contributed by atoms with E-state index in [1.54, 1.807) is 19.3 Å². The Morgan fingerprint density at radius 2 is 1.79 bits per heavy atom. The molecule has 0 saturated heterocycles. The Hall–Kier alpha value is -2.71. The first-order valence-electron chi connectivity index (χ1n) is 11.1. The maximum Gasteiger partial charge on any atom is 0.312 e. The van der Waals surface area contributed by atoms with Crippen molar-refractivity contribution in [1.82, 2.24) is 9.97 Å². The number of alkyl halides is 2. The van der Waals surface area contributed by atoms with Crippen molar-refractivity contribution in [2.75, 3.05) is 6.61 Å². The van der Waals surface area contributed by atoms with E-state index < -0.39 is 29.8 Å². The first-order valence-corrected chi connectivity index (χ1v) is 11.9. The molecule has 3 aromatic rings. The van der Waals surface area contributed by atoms with Gasteiger partial charge in [0.25, 0.3) is 5.92 Å². The zero-order chi connectivity index (χ0) is 24.2. The molecule has 0 spiro atoms. The van der Waals surface area contributed by atoms with Gasteiger partial charge in [-0.1, -0.05) is 48.5 Å². The van der Waals surface area contributed by atoms with Crippen LogP contribution < -0.4 is 0 Å². The van der Waals surface area contributed by atoms with Gasteiger partial charge in [0.15, 0.2) is 5.82 Å². The summed E-state index contributed by atoms with van der Waals surface area (Å²) in [5, 5.41) is 0. The molecule has 1 aromatic heterocycles. The van der Waals surface area contributed by atoms with E-state index in [1.165, 1.54) is 0 Å². The van der Waals surface area contributed by atoms with E-state index in [-0.39, 0.29) is 26.1 Å². The second-order valence-corrected chi connectivity index (χ2v) is 9.45. The van der Waals surface area contributed by atoms with Gasteiger partial charge in [0, 0.05) is 24.4 Å². The predicted octanol–water partition coefficient (Wildman–Crippen LogP) is 6.01. The quantitative estimate of drug-likeness (QED) is 0.333. The summed E-state index contributed by atoms with van der Waals surface area (Å²) in [5.41, 5.74) is 0.886. The summed E-state index contributed by atoms with van der Waals surface area (Å²) in [4.78, 5) is 21.6. The van der Waals surface area contributed by atoms with Crippen molar-refractivity contribution in [1.29, 1.82) is 0 Å². The van der Waals surface area contributed by atoms with Gasteiger partial charge in [-0.3, -0.25) is 4.79 Å². The molecule has 0 bridgehead atoms. The Labute approximate surface area is 205 Å². The van der Waals surface area contributed by atoms with Gasteiger partial charge in [-0.25, -0.2) is 18.7 Å². The van der Waals surface area contributed by atoms with Crippen LogP contribution in [0, 0.1) is 5.41 Å². The molecule has 34 heavy (non-hydrogen) atoms. The molecule has 0 unspecified atom stereocenters. The van der Waals surface area contributed by atoms with Crippen molar-refractivity contribution in [3.8, 4) is 11.4 Å². The molecule has 0 amide bonds. The summed E-state index contributed by atoms with van der Waals surface area (Å²) < 4.78 is 41.9. The molecule has 5 nitrogen and oxygen atoms in total. The molecule has 1 aliphatic rings. The van der Waals surface area contributed by atoms with Crippen LogP contribution in [-0.2, 0) is 27.3 Å². The molecule has 8 heteroatoms. The van der Waals surface area contributed by atoms with Gasteiger partial charge >= 0.3 is 5.97 Å². The van der Waals surface area contributed by atoms with Crippen LogP contribution in [0.1, 0.15) is 30.9 Å². The lowest BCUT2D eigenvalue weighted by Gasteiger charge is -2.26. The number of carbonyl (C=O) groups excluding carboxylic acids is 1. The van der Waals surface area contributed by atoms with Crippen LogP contribution in [-0.4, -0.2) is 34.6 Å². The van der Waals surface area contributed by atoms with Gasteiger partial charge < -0.3 is 9.47 Å². The summed E-state index contributed by atoms with van der Waals surface area (Å²) in [6.07, 6.45) is 1.26. The smallest absolute Gasteiger partial charge is 0.312 e. The average Bonchev–Trinajstić information content (AvgIpc) is 3.09. The van der Waals surface area contributed by atoms with Gasteiger partial charge in [0.05, 0.1) is 23.1 Å². The molecule has 0 radical (unpaired) electrons. The SMILES string of the molecule is CCOC(=O)[C@]1(Cc2cccc(-c3ncc(Br)cn3)c2)C[C@H](OCc2ccccc2)C(F)(F)C1. The van der Waals surface area contributed by atoms with Crippen LogP contribution in [0.3, 0.4) is 0 Å². The molecule has 1 heterocycles. The summed E-state index contributed by atoms with van der Waals surface area (Å²) in [5.74, 6) is -3.27. The van der Waals surface area contributed by atoms with E-state index in [2.05, 4.69) is 25.9 Å². The van der Waals surface area contributed by atoms with Crippen molar-refractivity contribution in [3.63, 3.8) is 0 Å². The van der Waals surface area contributed by atoms with E-state index in [0.717, 1.165) is 21.2 Å². The van der Waals surface area contributed by atoms with Crippen LogP contribution >= 0.6 is 15.9 Å². The Morgan fingerprint density at radius 1 is 1.09 bits per heavy atom. The van der Waals surface area contributed by atoms with Crippen molar-refractivity contribution in [2.24, 2.45) is 5.41 Å². The molecule has 2 aromatic carbocycles. The summed E-state index contributed by atoms with van der Waals surface area (Å²) in [7, 11) is 0. The fourth-order valence-corrected chi connectivity index (χ4v) is 4.62. The maximum absolute atomic E-state index is 15.1. The van der Waals surface area contributed by atoms with E-state index in [1.807, 2.05) is 54.6 Å². The molecule has 4 rings (SSSR count). The topological polar surface area (TPSA) is 61.3 Å². The Bertz CT molecular complexity index is 1130. The van der Waals surface area contributed by atoms with Crippen molar-refractivity contribution in [3.05, 3.63) is 82.6 Å². The van der Waals surface area contributed by atoms with E-state index in [9.17, 15) is 4.79 Å². The number of hydrogen-bond donors (Lipinski definition) is 0. The fraction of sp³-hybridized carbons (Fsp3) is 0.346. The number of halogens is 3. The monoisotopic (exact) mass is 530 g/mol. The third kappa shape index (κ3) is 5.50. The number of nitrogens with zero attached hydrogens (tertiary/aromatic N) is 2. The predicted molar refractivity (Wildman–Crippen MR) is 127 cm³/mol. The highest BCUT2D eigenvalue weighted by molar-refractivity contribution is 9.10.